The number of rotatable bonds is 4. The fourth-order valence-electron chi connectivity index (χ4n) is 1.55. The van der Waals surface area contributed by atoms with Gasteiger partial charge in [0.1, 0.15) is 0 Å². The standard InChI is InChI=1S/C12H17NO/c1-3-6-9(2)12(14)10-7-4-5-8-11(10)13/h4-5,7-9H,3,6,13H2,1-2H3. The van der Waals surface area contributed by atoms with Crippen LogP contribution in [0.2, 0.25) is 0 Å². The Morgan fingerprint density at radius 2 is 2.07 bits per heavy atom. The number of Topliss-reactive ketones (excluding diaryl/α,β-unsaturated/α-hetero) is 1. The molecule has 0 radical (unpaired) electrons. The molecule has 0 bridgehead atoms. The van der Waals surface area contributed by atoms with Gasteiger partial charge >= 0.3 is 0 Å². The summed E-state index contributed by atoms with van der Waals surface area (Å²) >= 11 is 0. The molecular formula is C12H17NO. The molecule has 1 rings (SSSR count). The van der Waals surface area contributed by atoms with Crippen molar-refractivity contribution in [3.05, 3.63) is 29.8 Å². The van der Waals surface area contributed by atoms with Crippen LogP contribution >= 0.6 is 0 Å². The Morgan fingerprint density at radius 1 is 1.43 bits per heavy atom. The summed E-state index contributed by atoms with van der Waals surface area (Å²) in [6, 6.07) is 7.26. The smallest absolute Gasteiger partial charge is 0.167 e. The second-order valence-corrected chi connectivity index (χ2v) is 3.64. The average Bonchev–Trinajstić information content (AvgIpc) is 2.18. The summed E-state index contributed by atoms with van der Waals surface area (Å²) in [5.41, 5.74) is 6.98. The van der Waals surface area contributed by atoms with E-state index in [-0.39, 0.29) is 11.7 Å². The largest absolute Gasteiger partial charge is 0.398 e. The van der Waals surface area contributed by atoms with Gasteiger partial charge in [-0.15, -0.1) is 0 Å². The Balaban J connectivity index is 2.84. The normalized spacial score (nSPS) is 12.4. The molecule has 0 fully saturated rings. The van der Waals surface area contributed by atoms with Crippen LogP contribution in [0.3, 0.4) is 0 Å². The van der Waals surface area contributed by atoms with Crippen LogP contribution in [-0.4, -0.2) is 5.78 Å². The van der Waals surface area contributed by atoms with E-state index in [4.69, 9.17) is 5.73 Å². The molecule has 1 atom stereocenters. The minimum absolute atomic E-state index is 0.0738. The van der Waals surface area contributed by atoms with Gasteiger partial charge in [0.05, 0.1) is 0 Å². The molecule has 0 amide bonds. The van der Waals surface area contributed by atoms with Crippen LogP contribution in [0, 0.1) is 5.92 Å². The molecule has 0 heterocycles. The fraction of sp³-hybridized carbons (Fsp3) is 0.417. The first kappa shape index (κ1) is 10.8. The molecule has 0 saturated heterocycles. The van der Waals surface area contributed by atoms with Crippen molar-refractivity contribution in [1.29, 1.82) is 0 Å². The number of para-hydroxylation sites is 1. The number of hydrogen-bond donors (Lipinski definition) is 1. The maximum Gasteiger partial charge on any atom is 0.167 e. The minimum atomic E-state index is 0.0738. The molecule has 1 unspecified atom stereocenters. The highest BCUT2D eigenvalue weighted by Gasteiger charge is 2.15. The van der Waals surface area contributed by atoms with Crippen LogP contribution in [0.15, 0.2) is 24.3 Å². The van der Waals surface area contributed by atoms with Crippen LogP contribution < -0.4 is 5.73 Å². The maximum absolute atomic E-state index is 11.9. The molecule has 2 heteroatoms. The number of carbonyl (C=O) groups excluding carboxylic acids is 1. The summed E-state index contributed by atoms with van der Waals surface area (Å²) in [4.78, 5) is 11.9. The van der Waals surface area contributed by atoms with Gasteiger partial charge in [-0.2, -0.15) is 0 Å². The van der Waals surface area contributed by atoms with E-state index in [0.29, 0.717) is 11.3 Å². The van der Waals surface area contributed by atoms with Crippen LogP contribution in [0.5, 0.6) is 0 Å². The molecule has 2 nitrogen and oxygen atoms in total. The van der Waals surface area contributed by atoms with Crippen molar-refractivity contribution >= 4 is 11.5 Å². The molecule has 0 aliphatic rings. The summed E-state index contributed by atoms with van der Waals surface area (Å²) in [6.45, 7) is 4.04. The molecule has 76 valence electrons. The summed E-state index contributed by atoms with van der Waals surface area (Å²) < 4.78 is 0. The molecule has 14 heavy (non-hydrogen) atoms. The van der Waals surface area contributed by atoms with Crippen LogP contribution in [-0.2, 0) is 0 Å². The number of anilines is 1. The van der Waals surface area contributed by atoms with Crippen molar-refractivity contribution in [3.8, 4) is 0 Å². The number of nitrogen functional groups attached to an aromatic ring is 1. The zero-order valence-corrected chi connectivity index (χ0v) is 8.79. The number of nitrogens with two attached hydrogens (primary N) is 1. The van der Waals surface area contributed by atoms with E-state index in [0.717, 1.165) is 12.8 Å². The number of ketones is 1. The third-order valence-corrected chi connectivity index (χ3v) is 2.40. The Bertz CT molecular complexity index is 320. The van der Waals surface area contributed by atoms with Gasteiger partial charge in [0.2, 0.25) is 0 Å². The molecule has 0 aliphatic heterocycles. The van der Waals surface area contributed by atoms with Crippen LogP contribution in [0.25, 0.3) is 0 Å². The lowest BCUT2D eigenvalue weighted by Gasteiger charge is -2.10. The van der Waals surface area contributed by atoms with Crippen LogP contribution in [0.1, 0.15) is 37.0 Å². The van der Waals surface area contributed by atoms with Crippen molar-refractivity contribution in [2.45, 2.75) is 26.7 Å². The molecule has 0 spiro atoms. The lowest BCUT2D eigenvalue weighted by Crippen LogP contribution is -2.12. The molecule has 0 aliphatic carbocycles. The molecular weight excluding hydrogens is 174 g/mol. The predicted octanol–water partition coefficient (Wildman–Crippen LogP) is 2.89. The highest BCUT2D eigenvalue weighted by molar-refractivity contribution is 6.01. The number of carbonyl (C=O) groups is 1. The molecule has 0 saturated carbocycles. The first-order chi connectivity index (χ1) is 6.66. The van der Waals surface area contributed by atoms with Gasteiger partial charge in [-0.25, -0.2) is 0 Å². The summed E-state index contributed by atoms with van der Waals surface area (Å²) in [7, 11) is 0. The third kappa shape index (κ3) is 2.34. The van der Waals surface area contributed by atoms with E-state index >= 15 is 0 Å². The quantitative estimate of drug-likeness (QED) is 0.587. The third-order valence-electron chi connectivity index (χ3n) is 2.40. The van der Waals surface area contributed by atoms with Gasteiger partial charge in [0.15, 0.2) is 5.78 Å². The van der Waals surface area contributed by atoms with Gasteiger partial charge in [-0.3, -0.25) is 4.79 Å². The zero-order chi connectivity index (χ0) is 10.6. The van der Waals surface area contributed by atoms with Crippen molar-refractivity contribution in [1.82, 2.24) is 0 Å². The second-order valence-electron chi connectivity index (χ2n) is 3.64. The first-order valence-corrected chi connectivity index (χ1v) is 5.05. The highest BCUT2D eigenvalue weighted by Crippen LogP contribution is 2.18. The molecule has 1 aromatic rings. The summed E-state index contributed by atoms with van der Waals surface area (Å²) in [5, 5.41) is 0. The summed E-state index contributed by atoms with van der Waals surface area (Å²) in [6.07, 6.45) is 1.95. The van der Waals surface area contributed by atoms with E-state index in [9.17, 15) is 4.79 Å². The minimum Gasteiger partial charge on any atom is -0.398 e. The zero-order valence-electron chi connectivity index (χ0n) is 8.79. The first-order valence-electron chi connectivity index (χ1n) is 5.05. The van der Waals surface area contributed by atoms with Gasteiger partial charge in [-0.05, 0) is 18.6 Å². The molecule has 2 N–H and O–H groups in total. The predicted molar refractivity (Wildman–Crippen MR) is 59.3 cm³/mol. The van der Waals surface area contributed by atoms with Crippen molar-refractivity contribution in [2.24, 2.45) is 5.92 Å². The Morgan fingerprint density at radius 3 is 2.64 bits per heavy atom. The van der Waals surface area contributed by atoms with E-state index in [1.54, 1.807) is 12.1 Å². The van der Waals surface area contributed by atoms with E-state index < -0.39 is 0 Å². The monoisotopic (exact) mass is 191 g/mol. The lowest BCUT2D eigenvalue weighted by atomic mass is 9.94. The van der Waals surface area contributed by atoms with Crippen LogP contribution in [0.4, 0.5) is 5.69 Å². The van der Waals surface area contributed by atoms with Crippen molar-refractivity contribution in [3.63, 3.8) is 0 Å². The number of hydrogen-bond acceptors (Lipinski definition) is 2. The highest BCUT2D eigenvalue weighted by atomic mass is 16.1. The molecule has 0 aromatic heterocycles. The van der Waals surface area contributed by atoms with E-state index in [2.05, 4.69) is 6.92 Å². The van der Waals surface area contributed by atoms with Crippen molar-refractivity contribution < 1.29 is 4.79 Å². The fourth-order valence-corrected chi connectivity index (χ4v) is 1.55. The Hall–Kier alpha value is -1.31. The van der Waals surface area contributed by atoms with E-state index in [1.807, 2.05) is 19.1 Å². The Kier molecular flexibility index (Phi) is 3.69. The van der Waals surface area contributed by atoms with E-state index in [1.165, 1.54) is 0 Å². The number of benzene rings is 1. The second kappa shape index (κ2) is 4.80. The average molecular weight is 191 g/mol. The van der Waals surface area contributed by atoms with Gasteiger partial charge in [0, 0.05) is 17.2 Å². The van der Waals surface area contributed by atoms with Crippen molar-refractivity contribution in [2.75, 3.05) is 5.73 Å². The van der Waals surface area contributed by atoms with Gasteiger partial charge < -0.3 is 5.73 Å². The Labute approximate surface area is 85.1 Å². The van der Waals surface area contributed by atoms with Gasteiger partial charge in [-0.1, -0.05) is 32.4 Å². The maximum atomic E-state index is 11.9. The lowest BCUT2D eigenvalue weighted by molar-refractivity contribution is 0.0924. The topological polar surface area (TPSA) is 43.1 Å². The summed E-state index contributed by atoms with van der Waals surface area (Å²) in [5.74, 6) is 0.231. The van der Waals surface area contributed by atoms with Gasteiger partial charge in [0.25, 0.3) is 0 Å². The molecule has 1 aromatic carbocycles. The SMILES string of the molecule is CCCC(C)C(=O)c1ccccc1N.